The van der Waals surface area contributed by atoms with E-state index in [1.807, 2.05) is 43.5 Å². The van der Waals surface area contributed by atoms with Gasteiger partial charge in [0, 0.05) is 5.38 Å². The molecule has 1 N–H and O–H groups in total. The van der Waals surface area contributed by atoms with Crippen LogP contribution >= 0.6 is 11.3 Å². The summed E-state index contributed by atoms with van der Waals surface area (Å²) in [5, 5.41) is 4.73. The monoisotopic (exact) mass is 276 g/mol. The molecule has 0 aliphatic rings. The van der Waals surface area contributed by atoms with Crippen LogP contribution in [0.2, 0.25) is 0 Å². The molecule has 0 radical (unpaired) electrons. The molecule has 1 aromatic carbocycles. The number of nitrogens with one attached hydrogen (secondary N) is 1. The Morgan fingerprint density at radius 1 is 1.42 bits per heavy atom. The molecule has 0 aliphatic carbocycles. The van der Waals surface area contributed by atoms with E-state index in [1.165, 1.54) is 11.3 Å². The number of aromatic nitrogens is 1. The summed E-state index contributed by atoms with van der Waals surface area (Å²) >= 11 is 1.48. The van der Waals surface area contributed by atoms with E-state index in [1.54, 1.807) is 5.51 Å². The molecule has 2 aromatic rings. The molecule has 0 bridgehead atoms. The summed E-state index contributed by atoms with van der Waals surface area (Å²) in [4.78, 5) is 16.0. The van der Waals surface area contributed by atoms with Crippen LogP contribution in [0.4, 0.5) is 5.69 Å². The van der Waals surface area contributed by atoms with E-state index in [2.05, 4.69) is 10.3 Å². The van der Waals surface area contributed by atoms with Crippen molar-refractivity contribution in [3.63, 3.8) is 0 Å². The Balaban J connectivity index is 2.04. The summed E-state index contributed by atoms with van der Waals surface area (Å²) in [6, 6.07) is 7.43. The number of hydrogen-bond donors (Lipinski definition) is 1. The minimum absolute atomic E-state index is 0.0663. The van der Waals surface area contributed by atoms with Crippen molar-refractivity contribution in [3.8, 4) is 5.75 Å². The molecule has 5 heteroatoms. The van der Waals surface area contributed by atoms with Gasteiger partial charge in [-0.05, 0) is 26.0 Å². The van der Waals surface area contributed by atoms with Gasteiger partial charge in [-0.1, -0.05) is 12.1 Å². The van der Waals surface area contributed by atoms with Gasteiger partial charge in [-0.25, -0.2) is 4.98 Å². The van der Waals surface area contributed by atoms with Crippen molar-refractivity contribution < 1.29 is 9.53 Å². The second-order valence-corrected chi connectivity index (χ2v) is 5.09. The molecule has 0 atom stereocenters. The van der Waals surface area contributed by atoms with Crippen LogP contribution in [-0.4, -0.2) is 17.0 Å². The minimum Gasteiger partial charge on any atom is -0.489 e. The summed E-state index contributed by atoms with van der Waals surface area (Å²) in [6.45, 7) is 3.90. The molecule has 100 valence electrons. The third kappa shape index (κ3) is 4.06. The lowest BCUT2D eigenvalue weighted by molar-refractivity contribution is -0.115. The number of anilines is 1. The Bertz CT molecular complexity index is 538. The molecule has 1 heterocycles. The standard InChI is InChI=1S/C14H16N2O2S/c1-10(2)18-13-6-4-3-5-12(13)16-14(17)7-11-8-19-9-15-11/h3-6,8-10H,7H2,1-2H3,(H,16,17). The van der Waals surface area contributed by atoms with E-state index in [4.69, 9.17) is 4.74 Å². The van der Waals surface area contributed by atoms with Crippen molar-refractivity contribution in [2.24, 2.45) is 0 Å². The van der Waals surface area contributed by atoms with Gasteiger partial charge in [0.15, 0.2) is 0 Å². The Hall–Kier alpha value is -1.88. The Morgan fingerprint density at radius 2 is 2.21 bits per heavy atom. The van der Waals surface area contributed by atoms with Crippen LogP contribution in [0, 0.1) is 0 Å². The lowest BCUT2D eigenvalue weighted by Crippen LogP contribution is -2.16. The van der Waals surface area contributed by atoms with Gasteiger partial charge >= 0.3 is 0 Å². The first-order valence-electron chi connectivity index (χ1n) is 6.07. The molecular weight excluding hydrogens is 260 g/mol. The van der Waals surface area contributed by atoms with Crippen molar-refractivity contribution in [1.29, 1.82) is 0 Å². The second-order valence-electron chi connectivity index (χ2n) is 4.37. The smallest absolute Gasteiger partial charge is 0.230 e. The molecule has 19 heavy (non-hydrogen) atoms. The summed E-state index contributed by atoms with van der Waals surface area (Å²) in [7, 11) is 0. The maximum atomic E-state index is 11.9. The topological polar surface area (TPSA) is 51.2 Å². The lowest BCUT2D eigenvalue weighted by Gasteiger charge is -2.14. The highest BCUT2D eigenvalue weighted by atomic mass is 32.1. The van der Waals surface area contributed by atoms with Gasteiger partial charge in [-0.15, -0.1) is 11.3 Å². The van der Waals surface area contributed by atoms with Crippen LogP contribution in [0.5, 0.6) is 5.75 Å². The number of carbonyl (C=O) groups excluding carboxylic acids is 1. The maximum absolute atomic E-state index is 11.9. The van der Waals surface area contributed by atoms with Gasteiger partial charge < -0.3 is 10.1 Å². The van der Waals surface area contributed by atoms with Gasteiger partial charge in [0.05, 0.1) is 29.4 Å². The van der Waals surface area contributed by atoms with Crippen molar-refractivity contribution in [3.05, 3.63) is 40.8 Å². The number of hydrogen-bond acceptors (Lipinski definition) is 4. The average molecular weight is 276 g/mol. The van der Waals surface area contributed by atoms with E-state index < -0.39 is 0 Å². The zero-order valence-electron chi connectivity index (χ0n) is 10.9. The van der Waals surface area contributed by atoms with E-state index in [0.29, 0.717) is 11.4 Å². The zero-order valence-corrected chi connectivity index (χ0v) is 11.7. The Kier molecular flexibility index (Phi) is 4.52. The van der Waals surface area contributed by atoms with Crippen LogP contribution in [-0.2, 0) is 11.2 Å². The van der Waals surface area contributed by atoms with Gasteiger partial charge in [0.1, 0.15) is 5.75 Å². The second kappa shape index (κ2) is 6.33. The highest BCUT2D eigenvalue weighted by Crippen LogP contribution is 2.24. The van der Waals surface area contributed by atoms with Crippen molar-refractivity contribution >= 4 is 22.9 Å². The molecular formula is C14H16N2O2S. The van der Waals surface area contributed by atoms with Crippen LogP contribution < -0.4 is 10.1 Å². The van der Waals surface area contributed by atoms with Crippen LogP contribution in [0.25, 0.3) is 0 Å². The largest absolute Gasteiger partial charge is 0.489 e. The number of thiazole rings is 1. The normalized spacial score (nSPS) is 10.5. The number of rotatable bonds is 5. The number of ether oxygens (including phenoxy) is 1. The molecule has 0 saturated heterocycles. The first-order chi connectivity index (χ1) is 9.15. The molecule has 1 amide bonds. The predicted octanol–water partition coefficient (Wildman–Crippen LogP) is 3.11. The van der Waals surface area contributed by atoms with E-state index in [-0.39, 0.29) is 18.4 Å². The zero-order chi connectivity index (χ0) is 13.7. The number of benzene rings is 1. The molecule has 2 rings (SSSR count). The van der Waals surface area contributed by atoms with Crippen LogP contribution in [0.1, 0.15) is 19.5 Å². The van der Waals surface area contributed by atoms with Crippen molar-refractivity contribution in [1.82, 2.24) is 4.98 Å². The summed E-state index contributed by atoms with van der Waals surface area (Å²) < 4.78 is 5.65. The Morgan fingerprint density at radius 3 is 2.89 bits per heavy atom. The highest BCUT2D eigenvalue weighted by Gasteiger charge is 2.10. The minimum atomic E-state index is -0.0919. The summed E-state index contributed by atoms with van der Waals surface area (Å²) in [5.74, 6) is 0.592. The average Bonchev–Trinajstić information content (AvgIpc) is 2.83. The lowest BCUT2D eigenvalue weighted by atomic mass is 10.2. The molecule has 0 saturated carbocycles. The molecule has 0 fully saturated rings. The van der Waals surface area contributed by atoms with Gasteiger partial charge in [-0.3, -0.25) is 4.79 Å². The summed E-state index contributed by atoms with van der Waals surface area (Å²) in [5.41, 5.74) is 3.19. The number of carbonyl (C=O) groups is 1. The molecule has 4 nitrogen and oxygen atoms in total. The van der Waals surface area contributed by atoms with Crippen LogP contribution in [0.3, 0.4) is 0 Å². The van der Waals surface area contributed by atoms with Gasteiger partial charge in [-0.2, -0.15) is 0 Å². The third-order valence-corrected chi connectivity index (χ3v) is 2.98. The van der Waals surface area contributed by atoms with Gasteiger partial charge in [0.2, 0.25) is 5.91 Å². The molecule has 0 aliphatic heterocycles. The number of para-hydroxylation sites is 2. The maximum Gasteiger partial charge on any atom is 0.230 e. The van der Waals surface area contributed by atoms with E-state index >= 15 is 0 Å². The van der Waals surface area contributed by atoms with Crippen molar-refractivity contribution in [2.75, 3.05) is 5.32 Å². The fraction of sp³-hybridized carbons (Fsp3) is 0.286. The van der Waals surface area contributed by atoms with Crippen LogP contribution in [0.15, 0.2) is 35.2 Å². The number of nitrogens with zero attached hydrogens (tertiary/aromatic N) is 1. The third-order valence-electron chi connectivity index (χ3n) is 2.35. The number of amides is 1. The Labute approximate surface area is 116 Å². The van der Waals surface area contributed by atoms with Gasteiger partial charge in [0.25, 0.3) is 0 Å². The first-order valence-corrected chi connectivity index (χ1v) is 7.02. The van der Waals surface area contributed by atoms with E-state index in [0.717, 1.165) is 5.69 Å². The van der Waals surface area contributed by atoms with E-state index in [9.17, 15) is 4.79 Å². The fourth-order valence-electron chi connectivity index (χ4n) is 1.61. The quantitative estimate of drug-likeness (QED) is 0.913. The highest BCUT2D eigenvalue weighted by molar-refractivity contribution is 7.07. The molecule has 1 aromatic heterocycles. The predicted molar refractivity (Wildman–Crippen MR) is 76.7 cm³/mol. The van der Waals surface area contributed by atoms with Crippen molar-refractivity contribution in [2.45, 2.75) is 26.4 Å². The SMILES string of the molecule is CC(C)Oc1ccccc1NC(=O)Cc1cscn1. The first kappa shape index (κ1) is 13.5. The fourth-order valence-corrected chi connectivity index (χ4v) is 2.17. The summed E-state index contributed by atoms with van der Waals surface area (Å²) in [6.07, 6.45) is 0.344. The molecule has 0 spiro atoms. The molecule has 0 unspecified atom stereocenters.